The van der Waals surface area contributed by atoms with Gasteiger partial charge in [-0.2, -0.15) is 0 Å². The number of carbonyl (C=O) groups excluding carboxylic acids is 1. The van der Waals surface area contributed by atoms with E-state index in [0.29, 0.717) is 6.42 Å². The van der Waals surface area contributed by atoms with E-state index in [1.54, 1.807) is 0 Å². The average molecular weight is 302 g/mol. The Kier molecular flexibility index (Phi) is 3.61. The van der Waals surface area contributed by atoms with Gasteiger partial charge in [-0.1, -0.05) is 31.2 Å². The average Bonchev–Trinajstić information content (AvgIpc) is 2.86. The molecular weight excluding hydrogens is 279 g/mol. The first-order valence-electron chi connectivity index (χ1n) is 7.84. The fraction of sp³-hybridized carbons (Fsp3) is 0.588. The Morgan fingerprint density at radius 3 is 2.05 bits per heavy atom. The highest BCUT2D eigenvalue weighted by molar-refractivity contribution is 6.62. The molecule has 22 heavy (non-hydrogen) atoms. The van der Waals surface area contributed by atoms with Gasteiger partial charge < -0.3 is 14.0 Å². The molecule has 0 saturated carbocycles. The summed E-state index contributed by atoms with van der Waals surface area (Å²) in [4.78, 5) is 11.4. The molecule has 0 aromatic heterocycles. The number of ether oxygens (including phenoxy) is 1. The van der Waals surface area contributed by atoms with Gasteiger partial charge in [-0.15, -0.1) is 0 Å². The molecule has 5 heteroatoms. The molecule has 0 aliphatic carbocycles. The highest BCUT2D eigenvalue weighted by Crippen LogP contribution is 2.37. The van der Waals surface area contributed by atoms with Gasteiger partial charge in [-0.05, 0) is 38.7 Å². The predicted molar refractivity (Wildman–Crippen MR) is 84.8 cm³/mol. The second-order valence-corrected chi connectivity index (χ2v) is 7.35. The van der Waals surface area contributed by atoms with Crippen LogP contribution in [-0.4, -0.2) is 24.3 Å². The van der Waals surface area contributed by atoms with Gasteiger partial charge in [-0.25, -0.2) is 0 Å². The zero-order valence-electron chi connectivity index (χ0n) is 13.9. The van der Waals surface area contributed by atoms with Crippen molar-refractivity contribution in [3.8, 4) is 0 Å². The second kappa shape index (κ2) is 5.10. The molecule has 0 bridgehead atoms. The van der Waals surface area contributed by atoms with Crippen molar-refractivity contribution < 1.29 is 18.8 Å². The van der Waals surface area contributed by atoms with Gasteiger partial charge in [0, 0.05) is 5.92 Å². The molecule has 0 unspecified atom stereocenters. The monoisotopic (exact) mass is 302 g/mol. The zero-order valence-corrected chi connectivity index (χ0v) is 13.9. The standard InChI is InChI=1S/C17H23BO4/c1-11-10-14(19)20-15(11)12-6-8-13(9-7-12)18-21-16(2,3)17(4,5)22-18/h6-9,11,15H,10H2,1-5H3/t11-,15+/m0/s1. The van der Waals surface area contributed by atoms with Crippen LogP contribution in [0, 0.1) is 5.92 Å². The van der Waals surface area contributed by atoms with Crippen LogP contribution in [0.25, 0.3) is 0 Å². The first-order chi connectivity index (χ1) is 10.2. The topological polar surface area (TPSA) is 44.8 Å². The van der Waals surface area contributed by atoms with E-state index in [9.17, 15) is 4.79 Å². The lowest BCUT2D eigenvalue weighted by Crippen LogP contribution is -2.41. The SMILES string of the molecule is C[C@H]1CC(=O)O[C@H]1c1ccc(B2OC(C)(C)C(C)(C)O2)cc1. The zero-order chi connectivity index (χ0) is 16.1. The molecule has 0 amide bonds. The van der Waals surface area contributed by atoms with Crippen LogP contribution in [0.15, 0.2) is 24.3 Å². The van der Waals surface area contributed by atoms with E-state index in [-0.39, 0.29) is 36.3 Å². The van der Waals surface area contributed by atoms with Crippen molar-refractivity contribution in [3.05, 3.63) is 29.8 Å². The largest absolute Gasteiger partial charge is 0.494 e. The van der Waals surface area contributed by atoms with Crippen LogP contribution in [0.5, 0.6) is 0 Å². The number of rotatable bonds is 2. The molecule has 2 aliphatic rings. The predicted octanol–water partition coefficient (Wildman–Crippen LogP) is 2.61. The van der Waals surface area contributed by atoms with Gasteiger partial charge in [0.25, 0.3) is 0 Å². The van der Waals surface area contributed by atoms with E-state index in [2.05, 4.69) is 0 Å². The molecule has 1 aromatic carbocycles. The Labute approximate surface area is 132 Å². The maximum Gasteiger partial charge on any atom is 0.494 e. The Morgan fingerprint density at radius 2 is 1.59 bits per heavy atom. The van der Waals surface area contributed by atoms with Crippen molar-refractivity contribution in [2.24, 2.45) is 5.92 Å². The van der Waals surface area contributed by atoms with Gasteiger partial charge in [0.05, 0.1) is 17.6 Å². The Bertz CT molecular complexity index is 563. The Balaban J connectivity index is 1.77. The quantitative estimate of drug-likeness (QED) is 0.622. The lowest BCUT2D eigenvalue weighted by Gasteiger charge is -2.32. The van der Waals surface area contributed by atoms with Gasteiger partial charge in [0.15, 0.2) is 0 Å². The van der Waals surface area contributed by atoms with E-state index >= 15 is 0 Å². The summed E-state index contributed by atoms with van der Waals surface area (Å²) in [6.07, 6.45) is 0.351. The summed E-state index contributed by atoms with van der Waals surface area (Å²) < 4.78 is 17.5. The summed E-state index contributed by atoms with van der Waals surface area (Å²) in [5.74, 6) is 0.0998. The number of hydrogen-bond donors (Lipinski definition) is 0. The number of cyclic esters (lactones) is 1. The summed E-state index contributed by atoms with van der Waals surface area (Å²) in [5.41, 5.74) is 1.33. The summed E-state index contributed by atoms with van der Waals surface area (Å²) in [7, 11) is -0.359. The summed E-state index contributed by atoms with van der Waals surface area (Å²) in [6, 6.07) is 7.99. The van der Waals surface area contributed by atoms with Crippen molar-refractivity contribution in [2.75, 3.05) is 0 Å². The summed E-state index contributed by atoms with van der Waals surface area (Å²) in [5, 5.41) is 0. The van der Waals surface area contributed by atoms with Crippen molar-refractivity contribution in [2.45, 2.75) is 58.3 Å². The normalized spacial score (nSPS) is 29.7. The second-order valence-electron chi connectivity index (χ2n) is 7.35. The van der Waals surface area contributed by atoms with Crippen LogP contribution >= 0.6 is 0 Å². The fourth-order valence-electron chi connectivity index (χ4n) is 2.89. The van der Waals surface area contributed by atoms with Crippen molar-refractivity contribution in [3.63, 3.8) is 0 Å². The molecule has 0 N–H and O–H groups in total. The van der Waals surface area contributed by atoms with E-state index in [4.69, 9.17) is 14.0 Å². The lowest BCUT2D eigenvalue weighted by molar-refractivity contribution is -0.141. The molecule has 118 valence electrons. The summed E-state index contributed by atoms with van der Waals surface area (Å²) in [6.45, 7) is 10.2. The van der Waals surface area contributed by atoms with Crippen molar-refractivity contribution in [1.82, 2.24) is 0 Å². The maximum absolute atomic E-state index is 11.4. The molecule has 2 fully saturated rings. The van der Waals surface area contributed by atoms with Crippen molar-refractivity contribution >= 4 is 18.6 Å². The van der Waals surface area contributed by atoms with Crippen molar-refractivity contribution in [1.29, 1.82) is 0 Å². The third kappa shape index (κ3) is 2.57. The smallest absolute Gasteiger partial charge is 0.457 e. The van der Waals surface area contributed by atoms with Gasteiger partial charge in [-0.3, -0.25) is 4.79 Å². The molecule has 3 rings (SSSR count). The van der Waals surface area contributed by atoms with Gasteiger partial charge in [0.2, 0.25) is 0 Å². The highest BCUT2D eigenvalue weighted by Gasteiger charge is 2.51. The van der Waals surface area contributed by atoms with Gasteiger partial charge in [0.1, 0.15) is 6.10 Å². The fourth-order valence-corrected chi connectivity index (χ4v) is 2.89. The van der Waals surface area contributed by atoms with Crippen LogP contribution < -0.4 is 5.46 Å². The minimum atomic E-state index is -0.359. The van der Waals surface area contributed by atoms with E-state index in [1.165, 1.54) is 0 Å². The highest BCUT2D eigenvalue weighted by atomic mass is 16.7. The minimum Gasteiger partial charge on any atom is -0.457 e. The van der Waals surface area contributed by atoms with Crippen LogP contribution in [0.2, 0.25) is 0 Å². The molecule has 0 radical (unpaired) electrons. The summed E-state index contributed by atoms with van der Waals surface area (Å²) >= 11 is 0. The molecule has 2 aliphatic heterocycles. The lowest BCUT2D eigenvalue weighted by atomic mass is 9.78. The minimum absolute atomic E-state index is 0.118. The molecule has 2 atom stereocenters. The number of hydrogen-bond acceptors (Lipinski definition) is 4. The number of esters is 1. The van der Waals surface area contributed by atoms with E-state index < -0.39 is 0 Å². The third-order valence-electron chi connectivity index (χ3n) is 5.05. The molecule has 4 nitrogen and oxygen atoms in total. The maximum atomic E-state index is 11.4. The Hall–Kier alpha value is -1.33. The van der Waals surface area contributed by atoms with Gasteiger partial charge >= 0.3 is 13.1 Å². The number of benzene rings is 1. The van der Waals surface area contributed by atoms with E-state index in [0.717, 1.165) is 11.0 Å². The molecule has 0 spiro atoms. The number of carbonyl (C=O) groups is 1. The molecule has 1 aromatic rings. The molecular formula is C17H23BO4. The molecule has 2 saturated heterocycles. The first-order valence-corrected chi connectivity index (χ1v) is 7.84. The van der Waals surface area contributed by atoms with Crippen LogP contribution in [-0.2, 0) is 18.8 Å². The van der Waals surface area contributed by atoms with Crippen LogP contribution in [0.4, 0.5) is 0 Å². The van der Waals surface area contributed by atoms with Crippen LogP contribution in [0.1, 0.15) is 52.7 Å². The first kappa shape index (κ1) is 15.6. The van der Waals surface area contributed by atoms with E-state index in [1.807, 2.05) is 58.9 Å². The Morgan fingerprint density at radius 1 is 1.05 bits per heavy atom. The third-order valence-corrected chi connectivity index (χ3v) is 5.05. The van der Waals surface area contributed by atoms with Crippen LogP contribution in [0.3, 0.4) is 0 Å². The molecule has 2 heterocycles.